The molecule has 1 fully saturated rings. The van der Waals surface area contributed by atoms with Gasteiger partial charge in [0.25, 0.3) is 0 Å². The van der Waals surface area contributed by atoms with Crippen molar-refractivity contribution in [2.75, 3.05) is 0 Å². The fourth-order valence-corrected chi connectivity index (χ4v) is 2.57. The van der Waals surface area contributed by atoms with Gasteiger partial charge in [-0.15, -0.1) is 0 Å². The van der Waals surface area contributed by atoms with Crippen LogP contribution in [0.5, 0.6) is 0 Å². The first-order valence-electron chi connectivity index (χ1n) is 7.09. The van der Waals surface area contributed by atoms with Crippen molar-refractivity contribution in [1.29, 1.82) is 5.26 Å². The van der Waals surface area contributed by atoms with Gasteiger partial charge in [0.05, 0.1) is 11.6 Å². The SMILES string of the molecule is N#Cc1ccc(CNC(=O)C2CC2c2ccccc2)cc1. The molecule has 1 aliphatic carbocycles. The molecule has 1 N–H and O–H groups in total. The van der Waals surface area contributed by atoms with E-state index in [2.05, 4.69) is 23.5 Å². The smallest absolute Gasteiger partial charge is 0.224 e. The first-order chi connectivity index (χ1) is 10.3. The van der Waals surface area contributed by atoms with E-state index >= 15 is 0 Å². The lowest BCUT2D eigenvalue weighted by atomic mass is 10.1. The summed E-state index contributed by atoms with van der Waals surface area (Å²) in [5.74, 6) is 0.589. The first kappa shape index (κ1) is 13.4. The summed E-state index contributed by atoms with van der Waals surface area (Å²) in [5.41, 5.74) is 2.90. The van der Waals surface area contributed by atoms with E-state index < -0.39 is 0 Å². The van der Waals surface area contributed by atoms with Crippen molar-refractivity contribution in [3.63, 3.8) is 0 Å². The molecule has 3 heteroatoms. The molecule has 2 unspecified atom stereocenters. The average Bonchev–Trinajstić information content (AvgIpc) is 3.35. The highest BCUT2D eigenvalue weighted by molar-refractivity contribution is 5.82. The van der Waals surface area contributed by atoms with Crippen LogP contribution in [0.4, 0.5) is 0 Å². The topological polar surface area (TPSA) is 52.9 Å². The standard InChI is InChI=1S/C18H16N2O/c19-11-13-6-8-14(9-7-13)12-20-18(21)17-10-16(17)15-4-2-1-3-5-15/h1-9,16-17H,10,12H2,(H,20,21). The van der Waals surface area contributed by atoms with Crippen LogP contribution in [0.3, 0.4) is 0 Å². The summed E-state index contributed by atoms with van der Waals surface area (Å²) in [5, 5.41) is 11.7. The summed E-state index contributed by atoms with van der Waals surface area (Å²) in [6.45, 7) is 0.516. The Hall–Kier alpha value is -2.60. The first-order valence-corrected chi connectivity index (χ1v) is 7.09. The Bertz CT molecular complexity index is 671. The number of rotatable bonds is 4. The third-order valence-electron chi connectivity index (χ3n) is 3.90. The molecule has 2 aromatic rings. The van der Waals surface area contributed by atoms with E-state index in [0.717, 1.165) is 12.0 Å². The fourth-order valence-electron chi connectivity index (χ4n) is 2.57. The maximum atomic E-state index is 12.1. The number of carbonyl (C=O) groups excluding carboxylic acids is 1. The van der Waals surface area contributed by atoms with E-state index in [1.54, 1.807) is 12.1 Å². The molecule has 0 aliphatic heterocycles. The molecule has 0 radical (unpaired) electrons. The number of nitrogens with zero attached hydrogens (tertiary/aromatic N) is 1. The zero-order valence-corrected chi connectivity index (χ0v) is 11.6. The van der Waals surface area contributed by atoms with Crippen molar-refractivity contribution in [3.05, 3.63) is 71.3 Å². The minimum atomic E-state index is 0.103. The molecule has 0 heterocycles. The van der Waals surface area contributed by atoms with Crippen molar-refractivity contribution >= 4 is 5.91 Å². The summed E-state index contributed by atoms with van der Waals surface area (Å²) in [7, 11) is 0. The van der Waals surface area contributed by atoms with E-state index in [1.165, 1.54) is 5.56 Å². The lowest BCUT2D eigenvalue weighted by molar-refractivity contribution is -0.122. The predicted molar refractivity (Wildman–Crippen MR) is 80.3 cm³/mol. The van der Waals surface area contributed by atoms with Crippen molar-refractivity contribution in [1.82, 2.24) is 5.32 Å². The number of benzene rings is 2. The van der Waals surface area contributed by atoms with Crippen molar-refractivity contribution in [3.8, 4) is 6.07 Å². The maximum Gasteiger partial charge on any atom is 0.224 e. The van der Waals surface area contributed by atoms with Gasteiger partial charge in [-0.3, -0.25) is 4.79 Å². The molecule has 1 saturated carbocycles. The van der Waals surface area contributed by atoms with Gasteiger partial charge in [-0.2, -0.15) is 5.26 Å². The molecule has 3 rings (SSSR count). The molecule has 21 heavy (non-hydrogen) atoms. The second-order valence-electron chi connectivity index (χ2n) is 5.39. The lowest BCUT2D eigenvalue weighted by Gasteiger charge is -2.05. The van der Waals surface area contributed by atoms with Crippen LogP contribution in [0.1, 0.15) is 29.0 Å². The normalized spacial score (nSPS) is 19.6. The van der Waals surface area contributed by atoms with Crippen LogP contribution in [0.25, 0.3) is 0 Å². The summed E-state index contributed by atoms with van der Waals surface area (Å²) >= 11 is 0. The van der Waals surface area contributed by atoms with Crippen LogP contribution < -0.4 is 5.32 Å². The summed E-state index contributed by atoms with van der Waals surface area (Å²) < 4.78 is 0. The largest absolute Gasteiger partial charge is 0.352 e. The van der Waals surface area contributed by atoms with Crippen molar-refractivity contribution < 1.29 is 4.79 Å². The molecule has 0 aromatic heterocycles. The molecule has 1 aliphatic rings. The maximum absolute atomic E-state index is 12.1. The Kier molecular flexibility index (Phi) is 3.70. The summed E-state index contributed by atoms with van der Waals surface area (Å²) in [4.78, 5) is 12.1. The zero-order valence-electron chi connectivity index (χ0n) is 11.6. The Labute approximate surface area is 124 Å². The highest BCUT2D eigenvalue weighted by atomic mass is 16.2. The van der Waals surface area contributed by atoms with Gasteiger partial charge in [0.2, 0.25) is 5.91 Å². The van der Waals surface area contributed by atoms with Gasteiger partial charge in [-0.25, -0.2) is 0 Å². The van der Waals surface area contributed by atoms with Gasteiger partial charge in [0.1, 0.15) is 0 Å². The third kappa shape index (κ3) is 3.11. The minimum Gasteiger partial charge on any atom is -0.352 e. The quantitative estimate of drug-likeness (QED) is 0.933. The zero-order chi connectivity index (χ0) is 14.7. The van der Waals surface area contributed by atoms with Gasteiger partial charge < -0.3 is 5.32 Å². The molecule has 0 spiro atoms. The molecule has 0 saturated heterocycles. The molecular weight excluding hydrogens is 260 g/mol. The third-order valence-corrected chi connectivity index (χ3v) is 3.90. The van der Waals surface area contributed by atoms with Crippen molar-refractivity contribution in [2.45, 2.75) is 18.9 Å². The van der Waals surface area contributed by atoms with Crippen LogP contribution in [-0.2, 0) is 11.3 Å². The molecule has 2 atom stereocenters. The number of hydrogen-bond donors (Lipinski definition) is 1. The second kappa shape index (κ2) is 5.80. The van der Waals surface area contributed by atoms with Gasteiger partial charge in [-0.05, 0) is 35.6 Å². The highest BCUT2D eigenvalue weighted by Gasteiger charge is 2.43. The monoisotopic (exact) mass is 276 g/mol. The van der Waals surface area contributed by atoms with Gasteiger partial charge in [0.15, 0.2) is 0 Å². The van der Waals surface area contributed by atoms with Gasteiger partial charge in [0, 0.05) is 12.5 Å². The molecule has 1 amide bonds. The number of hydrogen-bond acceptors (Lipinski definition) is 2. The second-order valence-corrected chi connectivity index (χ2v) is 5.39. The summed E-state index contributed by atoms with van der Waals surface area (Å²) in [6, 6.07) is 19.6. The van der Waals surface area contributed by atoms with Crippen LogP contribution in [0, 0.1) is 17.2 Å². The van der Waals surface area contributed by atoms with E-state index in [-0.39, 0.29) is 11.8 Å². The van der Waals surface area contributed by atoms with Crippen molar-refractivity contribution in [2.24, 2.45) is 5.92 Å². The van der Waals surface area contributed by atoms with Gasteiger partial charge >= 0.3 is 0 Å². The Morgan fingerprint density at radius 1 is 1.14 bits per heavy atom. The average molecular weight is 276 g/mol. The molecule has 104 valence electrons. The minimum absolute atomic E-state index is 0.103. The number of amides is 1. The lowest BCUT2D eigenvalue weighted by Crippen LogP contribution is -2.24. The molecule has 2 aromatic carbocycles. The van der Waals surface area contributed by atoms with Crippen LogP contribution in [0.2, 0.25) is 0 Å². The van der Waals surface area contributed by atoms with Crippen LogP contribution in [0.15, 0.2) is 54.6 Å². The van der Waals surface area contributed by atoms with Gasteiger partial charge in [-0.1, -0.05) is 42.5 Å². The Balaban J connectivity index is 1.53. The highest BCUT2D eigenvalue weighted by Crippen LogP contribution is 2.47. The van der Waals surface area contributed by atoms with Crippen LogP contribution >= 0.6 is 0 Å². The molecular formula is C18H16N2O. The number of nitrogens with one attached hydrogen (secondary N) is 1. The van der Waals surface area contributed by atoms with E-state index in [0.29, 0.717) is 18.0 Å². The fraction of sp³-hybridized carbons (Fsp3) is 0.222. The Morgan fingerprint density at radius 2 is 1.86 bits per heavy atom. The number of nitriles is 1. The molecule has 0 bridgehead atoms. The molecule has 3 nitrogen and oxygen atoms in total. The summed E-state index contributed by atoms with van der Waals surface area (Å²) in [6.07, 6.45) is 0.934. The van der Waals surface area contributed by atoms with E-state index in [4.69, 9.17) is 5.26 Å². The predicted octanol–water partition coefficient (Wildman–Crippen LogP) is 2.98. The Morgan fingerprint density at radius 3 is 2.52 bits per heavy atom. The number of carbonyl (C=O) groups is 1. The van der Waals surface area contributed by atoms with Crippen LogP contribution in [-0.4, -0.2) is 5.91 Å². The van der Waals surface area contributed by atoms with E-state index in [1.807, 2.05) is 30.3 Å². The van der Waals surface area contributed by atoms with E-state index in [9.17, 15) is 4.79 Å².